The van der Waals surface area contributed by atoms with E-state index in [4.69, 9.17) is 4.74 Å². The number of imide groups is 1. The summed E-state index contributed by atoms with van der Waals surface area (Å²) in [6.07, 6.45) is 0.236. The van der Waals surface area contributed by atoms with Gasteiger partial charge in [0, 0.05) is 44.4 Å². The molecule has 0 bridgehead atoms. The van der Waals surface area contributed by atoms with Crippen molar-refractivity contribution in [1.29, 1.82) is 0 Å². The second kappa shape index (κ2) is 9.06. The highest BCUT2D eigenvalue weighted by Gasteiger charge is 2.49. The molecule has 2 fully saturated rings. The molecule has 1 atom stereocenters. The number of rotatable bonds is 5. The third kappa shape index (κ3) is 4.16. The highest BCUT2D eigenvalue weighted by molar-refractivity contribution is 6.08. The summed E-state index contributed by atoms with van der Waals surface area (Å²) >= 11 is 0. The Hall–Kier alpha value is -2.57. The zero-order valence-electron chi connectivity index (χ0n) is 17.4. The van der Waals surface area contributed by atoms with E-state index in [1.54, 1.807) is 7.11 Å². The van der Waals surface area contributed by atoms with E-state index < -0.39 is 5.41 Å². The Morgan fingerprint density at radius 2 is 1.67 bits per heavy atom. The summed E-state index contributed by atoms with van der Waals surface area (Å²) < 4.78 is 5.32. The Bertz CT molecular complexity index is 900. The van der Waals surface area contributed by atoms with Crippen molar-refractivity contribution >= 4 is 29.9 Å². The minimum atomic E-state index is -0.763. The predicted molar refractivity (Wildman–Crippen MR) is 119 cm³/mol. The van der Waals surface area contributed by atoms with Crippen LogP contribution in [0.1, 0.15) is 18.9 Å². The lowest BCUT2D eigenvalue weighted by Crippen LogP contribution is -2.51. The lowest BCUT2D eigenvalue weighted by molar-refractivity contribution is -0.142. The van der Waals surface area contributed by atoms with Crippen LogP contribution in [0.2, 0.25) is 0 Å². The maximum atomic E-state index is 13.1. The van der Waals surface area contributed by atoms with E-state index in [1.165, 1.54) is 4.90 Å². The van der Waals surface area contributed by atoms with Gasteiger partial charge in [-0.2, -0.15) is 0 Å². The summed E-state index contributed by atoms with van der Waals surface area (Å²) in [5, 5.41) is 0. The fourth-order valence-corrected chi connectivity index (χ4v) is 4.21. The van der Waals surface area contributed by atoms with Crippen LogP contribution in [0.25, 0.3) is 0 Å². The zero-order chi connectivity index (χ0) is 20.4. The molecule has 4 rings (SSSR count). The fourth-order valence-electron chi connectivity index (χ4n) is 4.21. The van der Waals surface area contributed by atoms with Gasteiger partial charge in [-0.1, -0.05) is 36.4 Å². The first-order chi connectivity index (χ1) is 14.0. The monoisotopic (exact) mass is 429 g/mol. The van der Waals surface area contributed by atoms with Gasteiger partial charge >= 0.3 is 0 Å². The molecule has 2 saturated heterocycles. The Morgan fingerprint density at radius 1 is 0.967 bits per heavy atom. The number of piperazine rings is 1. The zero-order valence-corrected chi connectivity index (χ0v) is 18.2. The van der Waals surface area contributed by atoms with Gasteiger partial charge in [-0.25, -0.2) is 0 Å². The first-order valence-electron chi connectivity index (χ1n) is 10.0. The molecule has 2 amide bonds. The number of nitrogens with zero attached hydrogens (tertiary/aromatic N) is 3. The van der Waals surface area contributed by atoms with Gasteiger partial charge in [-0.15, -0.1) is 12.4 Å². The molecular weight excluding hydrogens is 402 g/mol. The molecule has 0 radical (unpaired) electrons. The van der Waals surface area contributed by atoms with Gasteiger partial charge in [-0.05, 0) is 24.6 Å². The number of methoxy groups -OCH3 is 1. The smallest absolute Gasteiger partial charge is 0.241 e. The number of carbonyl (C=O) groups excluding carboxylic acids is 2. The minimum absolute atomic E-state index is 0. The number of halogens is 1. The number of likely N-dealkylation sites (tertiary alicyclic amines) is 1. The number of carbonyl (C=O) groups is 2. The van der Waals surface area contributed by atoms with E-state index in [-0.39, 0.29) is 30.6 Å². The molecule has 6 nitrogen and oxygen atoms in total. The maximum absolute atomic E-state index is 13.1. The van der Waals surface area contributed by atoms with Crippen molar-refractivity contribution in [2.75, 3.05) is 44.9 Å². The number of benzene rings is 2. The van der Waals surface area contributed by atoms with E-state index >= 15 is 0 Å². The second-order valence-corrected chi connectivity index (χ2v) is 7.95. The minimum Gasteiger partial charge on any atom is -0.497 e. The molecule has 2 aromatic carbocycles. The molecule has 2 aromatic rings. The lowest BCUT2D eigenvalue weighted by atomic mass is 9.81. The SMILES string of the molecule is COc1cccc(N2CCN(CN3C(=O)CC(C)(c4ccccc4)C3=O)CC2)c1.Cl. The third-order valence-corrected chi connectivity index (χ3v) is 6.07. The van der Waals surface area contributed by atoms with Crippen LogP contribution in [-0.2, 0) is 15.0 Å². The fraction of sp³-hybridized carbons (Fsp3) is 0.391. The molecule has 160 valence electrons. The average Bonchev–Trinajstić information content (AvgIpc) is 2.99. The Balaban J connectivity index is 0.00000256. The summed E-state index contributed by atoms with van der Waals surface area (Å²) in [5.41, 5.74) is 1.28. The van der Waals surface area contributed by atoms with Crippen LogP contribution in [0, 0.1) is 0 Å². The van der Waals surface area contributed by atoms with Crippen LogP contribution in [0.3, 0.4) is 0 Å². The molecule has 1 unspecified atom stereocenters. The summed E-state index contributed by atoms with van der Waals surface area (Å²) in [7, 11) is 1.67. The lowest BCUT2D eigenvalue weighted by Gasteiger charge is -2.37. The second-order valence-electron chi connectivity index (χ2n) is 7.95. The summed E-state index contributed by atoms with van der Waals surface area (Å²) in [4.78, 5) is 31.7. The Morgan fingerprint density at radius 3 is 2.33 bits per heavy atom. The van der Waals surface area contributed by atoms with Crippen LogP contribution < -0.4 is 9.64 Å². The molecule has 0 aromatic heterocycles. The maximum Gasteiger partial charge on any atom is 0.241 e. The van der Waals surface area contributed by atoms with Crippen molar-refractivity contribution in [1.82, 2.24) is 9.80 Å². The number of hydrogen-bond donors (Lipinski definition) is 0. The molecule has 7 heteroatoms. The van der Waals surface area contributed by atoms with E-state index in [0.29, 0.717) is 6.67 Å². The van der Waals surface area contributed by atoms with Crippen molar-refractivity contribution in [2.24, 2.45) is 0 Å². The summed E-state index contributed by atoms with van der Waals surface area (Å²) in [6, 6.07) is 17.7. The van der Waals surface area contributed by atoms with Crippen LogP contribution in [0.4, 0.5) is 5.69 Å². The van der Waals surface area contributed by atoms with Crippen LogP contribution in [-0.4, -0.2) is 61.6 Å². The van der Waals surface area contributed by atoms with Gasteiger partial charge in [-0.3, -0.25) is 19.4 Å². The first kappa shape index (κ1) is 22.1. The Labute approximate surface area is 183 Å². The number of amides is 2. The molecular formula is C23H28ClN3O3. The van der Waals surface area contributed by atoms with Gasteiger partial charge in [0.25, 0.3) is 0 Å². The summed E-state index contributed by atoms with van der Waals surface area (Å²) in [6.45, 7) is 5.54. The number of ether oxygens (including phenoxy) is 1. The van der Waals surface area contributed by atoms with E-state index in [1.807, 2.05) is 55.5 Å². The first-order valence-corrected chi connectivity index (χ1v) is 10.0. The topological polar surface area (TPSA) is 53.1 Å². The third-order valence-electron chi connectivity index (χ3n) is 6.07. The molecule has 2 heterocycles. The largest absolute Gasteiger partial charge is 0.497 e. The van der Waals surface area contributed by atoms with Crippen molar-refractivity contribution in [3.8, 4) is 5.75 Å². The van der Waals surface area contributed by atoms with Gasteiger partial charge < -0.3 is 9.64 Å². The van der Waals surface area contributed by atoms with Crippen molar-refractivity contribution in [2.45, 2.75) is 18.8 Å². The molecule has 0 aliphatic carbocycles. The quantitative estimate of drug-likeness (QED) is 0.684. The van der Waals surface area contributed by atoms with Gasteiger partial charge in [0.1, 0.15) is 5.75 Å². The standard InChI is InChI=1S/C23H27N3O3.ClH/c1-23(18-7-4-3-5-8-18)16-21(27)26(22(23)28)17-24-11-13-25(14-12-24)19-9-6-10-20(15-19)29-2;/h3-10,15H,11-14,16-17H2,1-2H3;1H. The summed E-state index contributed by atoms with van der Waals surface area (Å²) in [5.74, 6) is 0.666. The van der Waals surface area contributed by atoms with E-state index in [9.17, 15) is 9.59 Å². The van der Waals surface area contributed by atoms with Crippen molar-refractivity contribution < 1.29 is 14.3 Å². The highest BCUT2D eigenvalue weighted by Crippen LogP contribution is 2.36. The van der Waals surface area contributed by atoms with Gasteiger partial charge in [0.15, 0.2) is 0 Å². The van der Waals surface area contributed by atoms with Crippen LogP contribution in [0.15, 0.2) is 54.6 Å². The molecule has 0 spiro atoms. The molecule has 0 N–H and O–H groups in total. The van der Waals surface area contributed by atoms with E-state index in [2.05, 4.69) is 15.9 Å². The molecule has 2 aliphatic rings. The predicted octanol–water partition coefficient (Wildman–Crippen LogP) is 2.91. The van der Waals surface area contributed by atoms with Crippen LogP contribution >= 0.6 is 12.4 Å². The number of hydrogen-bond acceptors (Lipinski definition) is 5. The molecule has 2 aliphatic heterocycles. The number of anilines is 1. The molecule has 30 heavy (non-hydrogen) atoms. The Kier molecular flexibility index (Phi) is 6.68. The normalized spacial score (nSPS) is 22.2. The van der Waals surface area contributed by atoms with Crippen molar-refractivity contribution in [3.63, 3.8) is 0 Å². The molecule has 0 saturated carbocycles. The average molecular weight is 430 g/mol. The van der Waals surface area contributed by atoms with Gasteiger partial charge in [0.2, 0.25) is 11.8 Å². The van der Waals surface area contributed by atoms with Gasteiger partial charge in [0.05, 0.1) is 19.2 Å². The van der Waals surface area contributed by atoms with Crippen molar-refractivity contribution in [3.05, 3.63) is 60.2 Å². The van der Waals surface area contributed by atoms with E-state index in [0.717, 1.165) is 43.2 Å². The van der Waals surface area contributed by atoms with Crippen LogP contribution in [0.5, 0.6) is 5.75 Å². The highest BCUT2D eigenvalue weighted by atomic mass is 35.5.